The van der Waals surface area contributed by atoms with Gasteiger partial charge in [-0.1, -0.05) is 28.1 Å². The van der Waals surface area contributed by atoms with Crippen LogP contribution in [0.3, 0.4) is 0 Å². The van der Waals surface area contributed by atoms with Gasteiger partial charge in [0.2, 0.25) is 5.91 Å². The predicted octanol–water partition coefficient (Wildman–Crippen LogP) is 2.51. The summed E-state index contributed by atoms with van der Waals surface area (Å²) in [6.07, 6.45) is 0. The van der Waals surface area contributed by atoms with Gasteiger partial charge in [-0.3, -0.25) is 9.59 Å². The number of hydrogen-bond acceptors (Lipinski definition) is 4. The van der Waals surface area contributed by atoms with Gasteiger partial charge in [0.25, 0.3) is 5.91 Å². The van der Waals surface area contributed by atoms with Crippen LogP contribution < -0.4 is 20.1 Å². The largest absolute Gasteiger partial charge is 0.493 e. The van der Waals surface area contributed by atoms with Gasteiger partial charge in [0, 0.05) is 16.6 Å². The first kappa shape index (κ1) is 18.8. The maximum atomic E-state index is 12.1. The molecule has 2 N–H and O–H groups in total. The number of carbonyl (C=O) groups is 2. The molecule has 0 saturated heterocycles. The van der Waals surface area contributed by atoms with Gasteiger partial charge in [0.15, 0.2) is 11.5 Å². The van der Waals surface area contributed by atoms with Crippen LogP contribution in [-0.4, -0.2) is 32.6 Å². The van der Waals surface area contributed by atoms with E-state index in [0.29, 0.717) is 23.6 Å². The highest BCUT2D eigenvalue weighted by molar-refractivity contribution is 9.10. The molecule has 0 saturated carbocycles. The van der Waals surface area contributed by atoms with E-state index in [1.807, 2.05) is 24.3 Å². The molecular weight excluding hydrogens is 388 g/mol. The van der Waals surface area contributed by atoms with Crippen molar-refractivity contribution in [1.29, 1.82) is 0 Å². The number of carbonyl (C=O) groups excluding carboxylic acids is 2. The molecule has 132 valence electrons. The summed E-state index contributed by atoms with van der Waals surface area (Å²) in [4.78, 5) is 24.0. The minimum atomic E-state index is -0.361. The van der Waals surface area contributed by atoms with Crippen LogP contribution in [0.25, 0.3) is 0 Å². The van der Waals surface area contributed by atoms with E-state index in [9.17, 15) is 9.59 Å². The van der Waals surface area contributed by atoms with E-state index in [-0.39, 0.29) is 18.4 Å². The van der Waals surface area contributed by atoms with E-state index in [4.69, 9.17) is 9.47 Å². The van der Waals surface area contributed by atoms with Crippen LogP contribution in [-0.2, 0) is 11.3 Å². The molecule has 2 amide bonds. The van der Waals surface area contributed by atoms with Gasteiger partial charge in [0.05, 0.1) is 20.8 Å². The maximum absolute atomic E-state index is 12.1. The van der Waals surface area contributed by atoms with Crippen molar-refractivity contribution in [3.05, 3.63) is 58.1 Å². The zero-order chi connectivity index (χ0) is 18.2. The van der Waals surface area contributed by atoms with E-state index in [0.717, 1.165) is 10.0 Å². The van der Waals surface area contributed by atoms with Crippen LogP contribution in [0.5, 0.6) is 11.5 Å². The molecule has 0 unspecified atom stereocenters. The zero-order valence-corrected chi connectivity index (χ0v) is 15.6. The average Bonchev–Trinajstić information content (AvgIpc) is 2.64. The van der Waals surface area contributed by atoms with E-state index < -0.39 is 0 Å². The summed E-state index contributed by atoms with van der Waals surface area (Å²) in [5, 5.41) is 5.33. The second kappa shape index (κ2) is 9.08. The number of hydrogen-bond donors (Lipinski definition) is 2. The van der Waals surface area contributed by atoms with Crippen LogP contribution in [0.2, 0.25) is 0 Å². The Labute approximate surface area is 154 Å². The Bertz CT molecular complexity index is 747. The molecule has 0 spiro atoms. The molecule has 0 atom stereocenters. The Kier molecular flexibility index (Phi) is 6.82. The molecule has 25 heavy (non-hydrogen) atoms. The summed E-state index contributed by atoms with van der Waals surface area (Å²) in [5.74, 6) is 0.359. The highest BCUT2D eigenvalue weighted by atomic mass is 79.9. The summed E-state index contributed by atoms with van der Waals surface area (Å²) in [6.45, 7) is 0.294. The van der Waals surface area contributed by atoms with Crippen molar-refractivity contribution in [3.8, 4) is 11.5 Å². The van der Waals surface area contributed by atoms with Crippen LogP contribution in [0.15, 0.2) is 46.9 Å². The molecule has 7 heteroatoms. The molecule has 0 fully saturated rings. The van der Waals surface area contributed by atoms with Gasteiger partial charge in [-0.25, -0.2) is 0 Å². The Morgan fingerprint density at radius 2 is 1.64 bits per heavy atom. The molecular formula is C18H19BrN2O4. The molecule has 0 heterocycles. The van der Waals surface area contributed by atoms with E-state index >= 15 is 0 Å². The lowest BCUT2D eigenvalue weighted by molar-refractivity contribution is -0.120. The van der Waals surface area contributed by atoms with E-state index in [1.54, 1.807) is 18.2 Å². The minimum Gasteiger partial charge on any atom is -0.493 e. The first-order valence-corrected chi connectivity index (χ1v) is 8.34. The van der Waals surface area contributed by atoms with Crippen LogP contribution in [0, 0.1) is 0 Å². The van der Waals surface area contributed by atoms with Gasteiger partial charge in [-0.2, -0.15) is 0 Å². The molecule has 0 bridgehead atoms. The third-order valence-corrected chi connectivity index (χ3v) is 3.99. The van der Waals surface area contributed by atoms with Crippen molar-refractivity contribution in [2.75, 3.05) is 20.8 Å². The Hall–Kier alpha value is -2.54. The summed E-state index contributed by atoms with van der Waals surface area (Å²) >= 11 is 3.36. The van der Waals surface area contributed by atoms with Crippen LogP contribution in [0.1, 0.15) is 15.9 Å². The number of nitrogens with one attached hydrogen (secondary N) is 2. The van der Waals surface area contributed by atoms with Crippen molar-refractivity contribution in [2.45, 2.75) is 6.54 Å². The summed E-state index contributed by atoms with van der Waals surface area (Å²) in [5.41, 5.74) is 1.36. The SMILES string of the molecule is COc1ccc(C(=O)NCC(=O)NCc2ccc(Br)cc2)cc1OC. The third-order valence-electron chi connectivity index (χ3n) is 3.46. The van der Waals surface area contributed by atoms with E-state index in [2.05, 4.69) is 26.6 Å². The fraction of sp³-hybridized carbons (Fsp3) is 0.222. The smallest absolute Gasteiger partial charge is 0.251 e. The maximum Gasteiger partial charge on any atom is 0.251 e. The number of benzene rings is 2. The van der Waals surface area contributed by atoms with Gasteiger partial charge in [0.1, 0.15) is 0 Å². The molecule has 0 aliphatic rings. The first-order valence-electron chi connectivity index (χ1n) is 7.55. The number of halogens is 1. The molecule has 2 aromatic carbocycles. The normalized spacial score (nSPS) is 10.0. The van der Waals surface area contributed by atoms with Crippen molar-refractivity contribution < 1.29 is 19.1 Å². The Morgan fingerprint density at radius 3 is 2.28 bits per heavy atom. The predicted molar refractivity (Wildman–Crippen MR) is 97.9 cm³/mol. The van der Waals surface area contributed by atoms with Crippen molar-refractivity contribution in [1.82, 2.24) is 10.6 Å². The van der Waals surface area contributed by atoms with Gasteiger partial charge in [-0.05, 0) is 35.9 Å². The molecule has 0 radical (unpaired) electrons. The van der Waals surface area contributed by atoms with Crippen molar-refractivity contribution in [2.24, 2.45) is 0 Å². The molecule has 2 aromatic rings. The molecule has 0 aromatic heterocycles. The lowest BCUT2D eigenvalue weighted by Crippen LogP contribution is -2.36. The highest BCUT2D eigenvalue weighted by Gasteiger charge is 2.11. The first-order chi connectivity index (χ1) is 12.0. The van der Waals surface area contributed by atoms with Crippen LogP contribution in [0.4, 0.5) is 0 Å². The quantitative estimate of drug-likeness (QED) is 0.740. The Morgan fingerprint density at radius 1 is 0.960 bits per heavy atom. The summed E-state index contributed by atoms with van der Waals surface area (Å²) < 4.78 is 11.3. The van der Waals surface area contributed by atoms with Gasteiger partial charge in [-0.15, -0.1) is 0 Å². The fourth-order valence-electron chi connectivity index (χ4n) is 2.11. The number of amides is 2. The molecule has 6 nitrogen and oxygen atoms in total. The minimum absolute atomic E-state index is 0.107. The zero-order valence-electron chi connectivity index (χ0n) is 14.0. The fourth-order valence-corrected chi connectivity index (χ4v) is 2.37. The summed E-state index contributed by atoms with van der Waals surface area (Å²) in [7, 11) is 3.02. The van der Waals surface area contributed by atoms with Crippen LogP contribution >= 0.6 is 15.9 Å². The summed E-state index contributed by atoms with van der Waals surface area (Å²) in [6, 6.07) is 12.4. The van der Waals surface area contributed by atoms with Crippen molar-refractivity contribution in [3.63, 3.8) is 0 Å². The number of methoxy groups -OCH3 is 2. The molecule has 0 aliphatic heterocycles. The topological polar surface area (TPSA) is 76.7 Å². The average molecular weight is 407 g/mol. The lowest BCUT2D eigenvalue weighted by Gasteiger charge is -2.10. The van der Waals surface area contributed by atoms with Gasteiger partial charge < -0.3 is 20.1 Å². The highest BCUT2D eigenvalue weighted by Crippen LogP contribution is 2.27. The number of ether oxygens (including phenoxy) is 2. The van der Waals surface area contributed by atoms with Gasteiger partial charge >= 0.3 is 0 Å². The van der Waals surface area contributed by atoms with Crippen molar-refractivity contribution >= 4 is 27.7 Å². The monoisotopic (exact) mass is 406 g/mol. The standard InChI is InChI=1S/C18H19BrN2O4/c1-24-15-8-5-13(9-16(15)25-2)18(23)21-11-17(22)20-10-12-3-6-14(19)7-4-12/h3-9H,10-11H2,1-2H3,(H,20,22)(H,21,23). The third kappa shape index (κ3) is 5.49. The number of rotatable bonds is 7. The lowest BCUT2D eigenvalue weighted by atomic mass is 10.2. The Balaban J connectivity index is 1.84. The molecule has 0 aliphatic carbocycles. The van der Waals surface area contributed by atoms with E-state index in [1.165, 1.54) is 14.2 Å². The molecule has 2 rings (SSSR count). The second-order valence-corrected chi connectivity index (χ2v) is 6.07. The second-order valence-electron chi connectivity index (χ2n) is 5.16.